The highest BCUT2D eigenvalue weighted by Gasteiger charge is 2.26. The second-order valence-electron chi connectivity index (χ2n) is 6.57. The summed E-state index contributed by atoms with van der Waals surface area (Å²) in [6.45, 7) is 3.71. The van der Waals surface area contributed by atoms with E-state index in [-0.39, 0.29) is 5.91 Å². The van der Waals surface area contributed by atoms with Crippen LogP contribution in [0.1, 0.15) is 32.3 Å². The fraction of sp³-hybridized carbons (Fsp3) is 0.444. The average molecular weight is 316 g/mol. The SMILES string of the molecule is Cn1cc(CCC(=O)NCCC(C)(C)C(=O)O)c2ccccc21. The van der Waals surface area contributed by atoms with Gasteiger partial charge in [0.25, 0.3) is 0 Å². The number of nitrogens with one attached hydrogen (secondary N) is 1. The first kappa shape index (κ1) is 17.1. The number of hydrogen-bond donors (Lipinski definition) is 2. The fourth-order valence-electron chi connectivity index (χ4n) is 2.58. The average Bonchev–Trinajstić information content (AvgIpc) is 2.82. The third-order valence-electron chi connectivity index (χ3n) is 4.25. The molecule has 0 saturated heterocycles. The van der Waals surface area contributed by atoms with E-state index in [1.54, 1.807) is 13.8 Å². The first-order chi connectivity index (χ1) is 10.8. The number of hydrogen-bond acceptors (Lipinski definition) is 2. The van der Waals surface area contributed by atoms with Crippen molar-refractivity contribution < 1.29 is 14.7 Å². The number of benzene rings is 1. The van der Waals surface area contributed by atoms with Gasteiger partial charge in [0, 0.05) is 37.1 Å². The zero-order valence-corrected chi connectivity index (χ0v) is 13.9. The second-order valence-corrected chi connectivity index (χ2v) is 6.57. The monoisotopic (exact) mass is 316 g/mol. The van der Waals surface area contributed by atoms with Crippen molar-refractivity contribution in [1.29, 1.82) is 0 Å². The van der Waals surface area contributed by atoms with Gasteiger partial charge in [0.1, 0.15) is 0 Å². The van der Waals surface area contributed by atoms with Crippen LogP contribution in [0.4, 0.5) is 0 Å². The van der Waals surface area contributed by atoms with Gasteiger partial charge in [-0.1, -0.05) is 18.2 Å². The van der Waals surface area contributed by atoms with Gasteiger partial charge in [0.05, 0.1) is 5.41 Å². The highest BCUT2D eigenvalue weighted by atomic mass is 16.4. The molecular formula is C18H24N2O3. The number of para-hydroxylation sites is 1. The van der Waals surface area contributed by atoms with Crippen LogP contribution in [0.5, 0.6) is 0 Å². The van der Waals surface area contributed by atoms with E-state index in [0.29, 0.717) is 25.8 Å². The molecule has 5 nitrogen and oxygen atoms in total. The van der Waals surface area contributed by atoms with Crippen LogP contribution in [0.3, 0.4) is 0 Å². The summed E-state index contributed by atoms with van der Waals surface area (Å²) in [7, 11) is 2.00. The molecule has 0 radical (unpaired) electrons. The molecule has 2 aromatic rings. The molecule has 2 N–H and O–H groups in total. The van der Waals surface area contributed by atoms with Crippen molar-refractivity contribution in [3.8, 4) is 0 Å². The van der Waals surface area contributed by atoms with Gasteiger partial charge < -0.3 is 15.0 Å². The number of carbonyl (C=O) groups excluding carboxylic acids is 1. The minimum absolute atomic E-state index is 0.0425. The third kappa shape index (κ3) is 4.12. The largest absolute Gasteiger partial charge is 0.481 e. The molecule has 1 amide bonds. The molecule has 0 bridgehead atoms. The predicted octanol–water partition coefficient (Wildman–Crippen LogP) is 2.73. The number of carbonyl (C=O) groups is 2. The van der Waals surface area contributed by atoms with E-state index < -0.39 is 11.4 Å². The standard InChI is InChI=1S/C18H24N2O3/c1-18(2,17(22)23)10-11-19-16(21)9-8-13-12-20(3)15-7-5-4-6-14(13)15/h4-7,12H,8-11H2,1-3H3,(H,19,21)(H,22,23). The molecule has 0 saturated carbocycles. The number of aryl methyl sites for hydroxylation is 2. The van der Waals surface area contributed by atoms with Crippen molar-refractivity contribution in [1.82, 2.24) is 9.88 Å². The summed E-state index contributed by atoms with van der Waals surface area (Å²) in [6, 6.07) is 8.13. The summed E-state index contributed by atoms with van der Waals surface area (Å²) in [5.74, 6) is -0.887. The quantitative estimate of drug-likeness (QED) is 0.825. The number of rotatable bonds is 7. The highest BCUT2D eigenvalue weighted by Crippen LogP contribution is 2.22. The van der Waals surface area contributed by atoms with Crippen LogP contribution in [-0.4, -0.2) is 28.1 Å². The molecular weight excluding hydrogens is 292 g/mol. The van der Waals surface area contributed by atoms with Crippen molar-refractivity contribution in [3.63, 3.8) is 0 Å². The topological polar surface area (TPSA) is 71.3 Å². The van der Waals surface area contributed by atoms with E-state index in [4.69, 9.17) is 5.11 Å². The molecule has 23 heavy (non-hydrogen) atoms. The Kier molecular flexibility index (Phi) is 5.08. The molecule has 0 spiro atoms. The summed E-state index contributed by atoms with van der Waals surface area (Å²) in [4.78, 5) is 23.0. The second kappa shape index (κ2) is 6.86. The zero-order chi connectivity index (χ0) is 17.0. The minimum atomic E-state index is -0.845. The van der Waals surface area contributed by atoms with E-state index in [0.717, 1.165) is 11.1 Å². The lowest BCUT2D eigenvalue weighted by molar-refractivity contribution is -0.147. The number of carboxylic acids is 1. The van der Waals surface area contributed by atoms with Crippen LogP contribution in [0.15, 0.2) is 30.5 Å². The molecule has 124 valence electrons. The molecule has 1 aromatic carbocycles. The molecule has 0 unspecified atom stereocenters. The Morgan fingerprint density at radius 2 is 1.96 bits per heavy atom. The Morgan fingerprint density at radius 3 is 2.65 bits per heavy atom. The zero-order valence-electron chi connectivity index (χ0n) is 13.9. The maximum absolute atomic E-state index is 11.9. The summed E-state index contributed by atoms with van der Waals surface area (Å²) in [5.41, 5.74) is 1.50. The highest BCUT2D eigenvalue weighted by molar-refractivity contribution is 5.85. The Hall–Kier alpha value is -2.30. The smallest absolute Gasteiger partial charge is 0.309 e. The molecule has 0 fully saturated rings. The molecule has 0 aliphatic rings. The van der Waals surface area contributed by atoms with Crippen molar-refractivity contribution >= 4 is 22.8 Å². The van der Waals surface area contributed by atoms with Crippen LogP contribution in [-0.2, 0) is 23.1 Å². The molecule has 0 aliphatic carbocycles. The number of aromatic nitrogens is 1. The number of nitrogens with zero attached hydrogens (tertiary/aromatic N) is 1. The molecule has 5 heteroatoms. The molecule has 1 heterocycles. The maximum atomic E-state index is 11.9. The van der Waals surface area contributed by atoms with Crippen LogP contribution in [0.25, 0.3) is 10.9 Å². The van der Waals surface area contributed by atoms with E-state index in [1.807, 2.05) is 19.2 Å². The van der Waals surface area contributed by atoms with Gasteiger partial charge in [0.15, 0.2) is 0 Å². The minimum Gasteiger partial charge on any atom is -0.481 e. The molecule has 0 aliphatic heterocycles. The summed E-state index contributed by atoms with van der Waals surface area (Å²) in [5, 5.41) is 13.0. The van der Waals surface area contributed by atoms with Gasteiger partial charge in [-0.3, -0.25) is 9.59 Å². The van der Waals surface area contributed by atoms with E-state index >= 15 is 0 Å². The van der Waals surface area contributed by atoms with Gasteiger partial charge in [0.2, 0.25) is 5.91 Å². The van der Waals surface area contributed by atoms with E-state index in [1.165, 1.54) is 5.39 Å². The van der Waals surface area contributed by atoms with Crippen molar-refractivity contribution in [2.75, 3.05) is 6.54 Å². The fourth-order valence-corrected chi connectivity index (χ4v) is 2.58. The van der Waals surface area contributed by atoms with Crippen molar-refractivity contribution in [2.24, 2.45) is 12.5 Å². The number of carboxylic acid groups (broad SMARTS) is 1. The Bertz CT molecular complexity index is 716. The van der Waals surface area contributed by atoms with E-state index in [2.05, 4.69) is 28.2 Å². The number of amides is 1. The summed E-state index contributed by atoms with van der Waals surface area (Å²) >= 11 is 0. The summed E-state index contributed by atoms with van der Waals surface area (Å²) < 4.78 is 2.07. The van der Waals surface area contributed by atoms with Gasteiger partial charge in [-0.25, -0.2) is 0 Å². The van der Waals surface area contributed by atoms with Crippen LogP contribution in [0, 0.1) is 5.41 Å². The van der Waals surface area contributed by atoms with Gasteiger partial charge in [-0.15, -0.1) is 0 Å². The Balaban J connectivity index is 1.86. The Labute approximate surface area is 136 Å². The lowest BCUT2D eigenvalue weighted by atomic mass is 9.90. The summed E-state index contributed by atoms with van der Waals surface area (Å²) in [6.07, 6.45) is 3.56. The van der Waals surface area contributed by atoms with E-state index in [9.17, 15) is 9.59 Å². The first-order valence-corrected chi connectivity index (χ1v) is 7.84. The van der Waals surface area contributed by atoms with Crippen LogP contribution < -0.4 is 5.32 Å². The lowest BCUT2D eigenvalue weighted by Crippen LogP contribution is -2.32. The van der Waals surface area contributed by atoms with Gasteiger partial charge in [-0.2, -0.15) is 0 Å². The molecule has 2 rings (SSSR count). The first-order valence-electron chi connectivity index (χ1n) is 7.84. The third-order valence-corrected chi connectivity index (χ3v) is 4.25. The molecule has 0 atom stereocenters. The normalized spacial score (nSPS) is 11.6. The van der Waals surface area contributed by atoms with Crippen LogP contribution in [0.2, 0.25) is 0 Å². The molecule has 1 aromatic heterocycles. The number of fused-ring (bicyclic) bond motifs is 1. The van der Waals surface area contributed by atoms with Gasteiger partial charge >= 0.3 is 5.97 Å². The lowest BCUT2D eigenvalue weighted by Gasteiger charge is -2.18. The number of aliphatic carboxylic acids is 1. The Morgan fingerprint density at radius 1 is 1.26 bits per heavy atom. The van der Waals surface area contributed by atoms with Crippen LogP contribution >= 0.6 is 0 Å². The maximum Gasteiger partial charge on any atom is 0.309 e. The van der Waals surface area contributed by atoms with Crippen molar-refractivity contribution in [2.45, 2.75) is 33.1 Å². The van der Waals surface area contributed by atoms with Crippen molar-refractivity contribution in [3.05, 3.63) is 36.0 Å². The van der Waals surface area contributed by atoms with Gasteiger partial charge in [-0.05, 0) is 38.3 Å². The predicted molar refractivity (Wildman–Crippen MR) is 90.3 cm³/mol.